The highest BCUT2D eigenvalue weighted by molar-refractivity contribution is 7.89. The van der Waals surface area contributed by atoms with Crippen LogP contribution < -0.4 is 10.0 Å². The SMILES string of the molecule is CNS(=O)(=O)c1ccc(C(=O)Nc2cccc3ccccc23)cc1. The first-order chi connectivity index (χ1) is 11.5. The van der Waals surface area contributed by atoms with Gasteiger partial charge in [-0.2, -0.15) is 0 Å². The molecule has 0 aliphatic heterocycles. The Morgan fingerprint density at radius 2 is 1.54 bits per heavy atom. The summed E-state index contributed by atoms with van der Waals surface area (Å²) in [6, 6.07) is 19.2. The highest BCUT2D eigenvalue weighted by Gasteiger charge is 2.13. The van der Waals surface area contributed by atoms with Crippen LogP contribution in [0.2, 0.25) is 0 Å². The van der Waals surface area contributed by atoms with Crippen LogP contribution in [0.3, 0.4) is 0 Å². The van der Waals surface area contributed by atoms with E-state index in [-0.39, 0.29) is 10.8 Å². The molecular weight excluding hydrogens is 324 g/mol. The van der Waals surface area contributed by atoms with E-state index in [9.17, 15) is 13.2 Å². The molecule has 0 aliphatic carbocycles. The first-order valence-corrected chi connectivity index (χ1v) is 8.82. The fourth-order valence-corrected chi connectivity index (χ4v) is 3.16. The molecule has 0 saturated carbocycles. The lowest BCUT2D eigenvalue weighted by atomic mass is 10.1. The molecule has 0 bridgehead atoms. The molecule has 122 valence electrons. The Kier molecular flexibility index (Phi) is 4.33. The molecule has 6 heteroatoms. The maximum absolute atomic E-state index is 12.4. The predicted molar refractivity (Wildman–Crippen MR) is 94.6 cm³/mol. The van der Waals surface area contributed by atoms with Gasteiger partial charge >= 0.3 is 0 Å². The summed E-state index contributed by atoms with van der Waals surface area (Å²) in [7, 11) is -2.17. The van der Waals surface area contributed by atoms with E-state index >= 15 is 0 Å². The van der Waals surface area contributed by atoms with E-state index in [1.54, 1.807) is 0 Å². The van der Waals surface area contributed by atoms with Crippen LogP contribution in [0.4, 0.5) is 5.69 Å². The molecule has 2 N–H and O–H groups in total. The molecule has 0 aromatic heterocycles. The average molecular weight is 340 g/mol. The minimum Gasteiger partial charge on any atom is -0.321 e. The number of nitrogens with one attached hydrogen (secondary N) is 2. The zero-order valence-electron chi connectivity index (χ0n) is 13.0. The third-order valence-corrected chi connectivity index (χ3v) is 5.16. The molecule has 0 fully saturated rings. The fourth-order valence-electron chi connectivity index (χ4n) is 2.43. The maximum atomic E-state index is 12.4. The van der Waals surface area contributed by atoms with Crippen LogP contribution in [0.15, 0.2) is 71.6 Å². The van der Waals surface area contributed by atoms with Crippen LogP contribution in [0.1, 0.15) is 10.4 Å². The molecule has 24 heavy (non-hydrogen) atoms. The standard InChI is InChI=1S/C18H16N2O3S/c1-19-24(22,23)15-11-9-14(10-12-15)18(21)20-17-8-4-6-13-5-2-3-7-16(13)17/h2-12,19H,1H3,(H,20,21). The molecule has 0 radical (unpaired) electrons. The van der Waals surface area contributed by atoms with Gasteiger partial charge in [0.1, 0.15) is 0 Å². The summed E-state index contributed by atoms with van der Waals surface area (Å²) in [5.74, 6) is -0.292. The van der Waals surface area contributed by atoms with Crippen LogP contribution in [-0.2, 0) is 10.0 Å². The van der Waals surface area contributed by atoms with Gasteiger partial charge in [0, 0.05) is 16.6 Å². The summed E-state index contributed by atoms with van der Waals surface area (Å²) in [5, 5.41) is 4.85. The Labute approximate surface area is 140 Å². The van der Waals surface area contributed by atoms with Crippen molar-refractivity contribution in [3.63, 3.8) is 0 Å². The lowest BCUT2D eigenvalue weighted by Crippen LogP contribution is -2.19. The number of hydrogen-bond donors (Lipinski definition) is 2. The summed E-state index contributed by atoms with van der Waals surface area (Å²) in [6.07, 6.45) is 0. The minimum absolute atomic E-state index is 0.117. The van der Waals surface area contributed by atoms with Gasteiger partial charge in [0.05, 0.1) is 4.90 Å². The Hall–Kier alpha value is -2.70. The smallest absolute Gasteiger partial charge is 0.255 e. The van der Waals surface area contributed by atoms with E-state index in [1.807, 2.05) is 42.5 Å². The molecule has 0 saturated heterocycles. The van der Waals surface area contributed by atoms with Gasteiger partial charge in [0.2, 0.25) is 10.0 Å². The lowest BCUT2D eigenvalue weighted by Gasteiger charge is -2.09. The summed E-state index contributed by atoms with van der Waals surface area (Å²) in [5.41, 5.74) is 1.10. The molecule has 0 aliphatic rings. The lowest BCUT2D eigenvalue weighted by molar-refractivity contribution is 0.102. The largest absolute Gasteiger partial charge is 0.321 e. The Morgan fingerprint density at radius 3 is 2.25 bits per heavy atom. The third kappa shape index (κ3) is 3.15. The van der Waals surface area contributed by atoms with Gasteiger partial charge in [-0.15, -0.1) is 0 Å². The second kappa shape index (κ2) is 6.43. The zero-order chi connectivity index (χ0) is 17.2. The van der Waals surface area contributed by atoms with Crippen molar-refractivity contribution in [3.05, 3.63) is 72.3 Å². The van der Waals surface area contributed by atoms with Gasteiger partial charge in [0.25, 0.3) is 5.91 Å². The molecule has 3 aromatic rings. The van der Waals surface area contributed by atoms with Gasteiger partial charge in [0.15, 0.2) is 0 Å². The summed E-state index contributed by atoms with van der Waals surface area (Å²) >= 11 is 0. The van der Waals surface area contributed by atoms with E-state index in [2.05, 4.69) is 10.0 Å². The quantitative estimate of drug-likeness (QED) is 0.767. The van der Waals surface area contributed by atoms with Crippen molar-refractivity contribution in [2.75, 3.05) is 12.4 Å². The summed E-state index contributed by atoms with van der Waals surface area (Å²) in [6.45, 7) is 0. The molecule has 3 aromatic carbocycles. The Balaban J connectivity index is 1.87. The van der Waals surface area contributed by atoms with Crippen LogP contribution in [0.5, 0.6) is 0 Å². The third-order valence-electron chi connectivity index (χ3n) is 3.73. The number of rotatable bonds is 4. The number of sulfonamides is 1. The van der Waals surface area contributed by atoms with Crippen LogP contribution in [-0.4, -0.2) is 21.4 Å². The molecule has 0 spiro atoms. The van der Waals surface area contributed by atoms with Gasteiger partial charge in [-0.05, 0) is 42.8 Å². The van der Waals surface area contributed by atoms with Crippen molar-refractivity contribution in [1.29, 1.82) is 0 Å². The second-order valence-corrected chi connectivity index (χ2v) is 7.10. The van der Waals surface area contributed by atoms with E-state index in [0.29, 0.717) is 11.3 Å². The highest BCUT2D eigenvalue weighted by Crippen LogP contribution is 2.23. The Bertz CT molecular complexity index is 991. The predicted octanol–water partition coefficient (Wildman–Crippen LogP) is 3.00. The molecule has 1 amide bonds. The van der Waals surface area contributed by atoms with E-state index < -0.39 is 10.0 Å². The van der Waals surface area contributed by atoms with Gasteiger partial charge in [-0.1, -0.05) is 36.4 Å². The molecule has 0 heterocycles. The van der Waals surface area contributed by atoms with E-state index in [4.69, 9.17) is 0 Å². The number of benzene rings is 3. The number of amides is 1. The van der Waals surface area contributed by atoms with Crippen LogP contribution in [0.25, 0.3) is 10.8 Å². The van der Waals surface area contributed by atoms with Gasteiger partial charge in [-0.25, -0.2) is 13.1 Å². The molecule has 3 rings (SSSR count). The van der Waals surface area contributed by atoms with Crippen molar-refractivity contribution >= 4 is 32.4 Å². The minimum atomic E-state index is -3.51. The van der Waals surface area contributed by atoms with Crippen molar-refractivity contribution in [3.8, 4) is 0 Å². The molecule has 0 atom stereocenters. The molecule has 0 unspecified atom stereocenters. The van der Waals surface area contributed by atoms with Crippen LogP contribution in [0, 0.1) is 0 Å². The average Bonchev–Trinajstić information content (AvgIpc) is 2.62. The van der Waals surface area contributed by atoms with Crippen molar-refractivity contribution < 1.29 is 13.2 Å². The maximum Gasteiger partial charge on any atom is 0.255 e. The number of fused-ring (bicyclic) bond motifs is 1. The first kappa shape index (κ1) is 16.2. The molecular formula is C18H16N2O3S. The van der Waals surface area contributed by atoms with Gasteiger partial charge in [-0.3, -0.25) is 4.79 Å². The van der Waals surface area contributed by atoms with Gasteiger partial charge < -0.3 is 5.32 Å². The zero-order valence-corrected chi connectivity index (χ0v) is 13.8. The first-order valence-electron chi connectivity index (χ1n) is 7.34. The van der Waals surface area contributed by atoms with Crippen molar-refractivity contribution in [1.82, 2.24) is 4.72 Å². The topological polar surface area (TPSA) is 75.3 Å². The number of carbonyl (C=O) groups excluding carboxylic acids is 1. The van der Waals surface area contributed by atoms with Crippen molar-refractivity contribution in [2.45, 2.75) is 4.90 Å². The second-order valence-electron chi connectivity index (χ2n) is 5.21. The van der Waals surface area contributed by atoms with Crippen molar-refractivity contribution in [2.24, 2.45) is 0 Å². The monoisotopic (exact) mass is 340 g/mol. The van der Waals surface area contributed by atoms with E-state index in [0.717, 1.165) is 10.8 Å². The summed E-state index contributed by atoms with van der Waals surface area (Å²) < 4.78 is 25.7. The number of hydrogen-bond acceptors (Lipinski definition) is 3. The molecule has 5 nitrogen and oxygen atoms in total. The van der Waals surface area contributed by atoms with E-state index in [1.165, 1.54) is 31.3 Å². The van der Waals surface area contributed by atoms with Crippen LogP contribution >= 0.6 is 0 Å². The number of anilines is 1. The fraction of sp³-hybridized carbons (Fsp3) is 0.0556. The normalized spacial score (nSPS) is 11.4. The Morgan fingerprint density at radius 1 is 0.875 bits per heavy atom. The summed E-state index contributed by atoms with van der Waals surface area (Å²) in [4.78, 5) is 12.5. The number of carbonyl (C=O) groups is 1. The highest BCUT2D eigenvalue weighted by atomic mass is 32.2.